The lowest BCUT2D eigenvalue weighted by Gasteiger charge is -2.49. The summed E-state index contributed by atoms with van der Waals surface area (Å²) in [4.78, 5) is 74.1. The van der Waals surface area contributed by atoms with Crippen molar-refractivity contribution in [2.24, 2.45) is 10.8 Å². The second-order valence-corrected chi connectivity index (χ2v) is 16.4. The van der Waals surface area contributed by atoms with Gasteiger partial charge in [-0.3, -0.25) is 19.2 Å². The van der Waals surface area contributed by atoms with Crippen LogP contribution in [0.5, 0.6) is 0 Å². The van der Waals surface area contributed by atoms with E-state index in [0.717, 1.165) is 0 Å². The summed E-state index contributed by atoms with van der Waals surface area (Å²) >= 11 is 0. The summed E-state index contributed by atoms with van der Waals surface area (Å²) in [6.45, 7) is 4.51. The first-order chi connectivity index (χ1) is 28.8. The molecule has 2 bridgehead atoms. The third kappa shape index (κ3) is 7.26. The fourth-order valence-electron chi connectivity index (χ4n) is 8.89. The van der Waals surface area contributed by atoms with Crippen molar-refractivity contribution in [1.82, 2.24) is 15.7 Å². The Labute approximate surface area is 345 Å². The standard InChI is InChI=1S/C44H47N3O13/c1-25(49)32(38(51)45-19-20-48)46-41(54)43-22-30-33-34(59-44(58-33,28-13-6-4-7-14-28)29-15-8-5-9-16-29)36(43)60-47(35(43)39(52)56-30)23-27-12-10-11-26(21-27)17-18-31(50)57-37-40(53)55-24-42(37,2)3/h4-18,21,25,30,32-37,48-49H,19-20,22-24H2,1-3H3,(H,45,51)(H,46,54). The third-order valence-electron chi connectivity index (χ3n) is 11.8. The molecule has 4 saturated heterocycles. The average molecular weight is 826 g/mol. The number of benzene rings is 3. The van der Waals surface area contributed by atoms with Crippen molar-refractivity contribution in [3.63, 3.8) is 0 Å². The summed E-state index contributed by atoms with van der Waals surface area (Å²) < 4.78 is 30.5. The van der Waals surface area contributed by atoms with E-state index in [1.54, 1.807) is 38.1 Å². The van der Waals surface area contributed by atoms with Gasteiger partial charge < -0.3 is 44.5 Å². The van der Waals surface area contributed by atoms with Gasteiger partial charge in [-0.05, 0) is 24.1 Å². The number of carbonyl (C=O) groups excluding carboxylic acids is 5. The van der Waals surface area contributed by atoms with E-state index in [0.29, 0.717) is 22.3 Å². The average Bonchev–Trinajstić information content (AvgIpc) is 3.90. The fourth-order valence-corrected chi connectivity index (χ4v) is 8.89. The number of nitrogens with zero attached hydrogens (tertiary/aromatic N) is 1. The highest BCUT2D eigenvalue weighted by atomic mass is 16.8. The normalized spacial score (nSPS) is 29.6. The SMILES string of the molecule is CC(O)C(NC(=O)C12CC3OC(=O)C1N(Cc1cccc(C=CC(=O)OC4C(=O)OCC4(C)C)c1)OC2C1OC(c2ccccc2)(c2ccccc2)OC31)C(=O)NCCO. The van der Waals surface area contributed by atoms with Gasteiger partial charge in [0.05, 0.1) is 19.3 Å². The molecule has 1 aliphatic carbocycles. The van der Waals surface area contributed by atoms with Crippen LogP contribution in [-0.2, 0) is 64.8 Å². The lowest BCUT2D eigenvalue weighted by molar-refractivity contribution is -0.213. The van der Waals surface area contributed by atoms with Gasteiger partial charge in [-0.15, -0.1) is 0 Å². The van der Waals surface area contributed by atoms with Gasteiger partial charge >= 0.3 is 17.9 Å². The van der Waals surface area contributed by atoms with Crippen LogP contribution < -0.4 is 10.6 Å². The highest BCUT2D eigenvalue weighted by molar-refractivity contribution is 5.96. The predicted octanol–water partition coefficient (Wildman–Crippen LogP) is 1.65. The quantitative estimate of drug-likeness (QED) is 0.110. The van der Waals surface area contributed by atoms with Crippen LogP contribution in [0.25, 0.3) is 6.08 Å². The first kappa shape index (κ1) is 41.3. The number of esters is 3. The Hall–Kier alpha value is -5.49. The molecule has 8 rings (SSSR count). The van der Waals surface area contributed by atoms with E-state index in [1.165, 1.54) is 24.1 Å². The van der Waals surface area contributed by atoms with Gasteiger partial charge in [0.1, 0.15) is 42.5 Å². The van der Waals surface area contributed by atoms with Gasteiger partial charge in [-0.25, -0.2) is 9.59 Å². The van der Waals surface area contributed by atoms with Gasteiger partial charge in [0.15, 0.2) is 6.04 Å². The molecule has 0 radical (unpaired) electrons. The topological polar surface area (TPSA) is 208 Å². The summed E-state index contributed by atoms with van der Waals surface area (Å²) in [6.07, 6.45) is -3.76. The highest BCUT2D eigenvalue weighted by Gasteiger charge is 2.76. The maximum absolute atomic E-state index is 15.0. The Morgan fingerprint density at radius 1 is 0.950 bits per heavy atom. The van der Waals surface area contributed by atoms with Crippen LogP contribution in [0.2, 0.25) is 0 Å². The van der Waals surface area contributed by atoms with Gasteiger partial charge in [0.2, 0.25) is 23.7 Å². The Kier molecular flexibility index (Phi) is 11.1. The number of carbonyl (C=O) groups is 5. The zero-order chi connectivity index (χ0) is 42.4. The second kappa shape index (κ2) is 16.2. The smallest absolute Gasteiger partial charge is 0.348 e. The first-order valence-electron chi connectivity index (χ1n) is 19.9. The minimum atomic E-state index is -1.71. The van der Waals surface area contributed by atoms with Crippen LogP contribution in [0.15, 0.2) is 91.0 Å². The number of cyclic esters (lactones) is 1. The largest absolute Gasteiger partial charge is 0.462 e. The number of aliphatic hydroxyl groups excluding tert-OH is 2. The molecule has 5 aliphatic rings. The molecule has 4 heterocycles. The number of amides is 2. The van der Waals surface area contributed by atoms with E-state index >= 15 is 0 Å². The Morgan fingerprint density at radius 3 is 2.27 bits per heavy atom. The van der Waals surface area contributed by atoms with E-state index in [2.05, 4.69) is 10.6 Å². The summed E-state index contributed by atoms with van der Waals surface area (Å²) in [5.41, 5.74) is 0.146. The third-order valence-corrected chi connectivity index (χ3v) is 11.8. The van der Waals surface area contributed by atoms with Crippen LogP contribution in [0.1, 0.15) is 49.4 Å². The number of rotatable bonds is 13. The number of hydrogen-bond acceptors (Lipinski definition) is 14. The maximum atomic E-state index is 15.0. The van der Waals surface area contributed by atoms with Crippen LogP contribution in [-0.4, -0.2) is 113 Å². The van der Waals surface area contributed by atoms with Crippen molar-refractivity contribution in [1.29, 1.82) is 0 Å². The number of fused-ring (bicyclic) bond motifs is 4. The van der Waals surface area contributed by atoms with Gasteiger partial charge in [0.25, 0.3) is 0 Å². The molecule has 0 spiro atoms. The molecule has 60 heavy (non-hydrogen) atoms. The van der Waals surface area contributed by atoms with Crippen molar-refractivity contribution < 1.29 is 62.7 Å². The lowest BCUT2D eigenvalue weighted by Crippen LogP contribution is -2.71. The highest BCUT2D eigenvalue weighted by Crippen LogP contribution is 2.59. The molecule has 2 amide bonds. The monoisotopic (exact) mass is 825 g/mol. The van der Waals surface area contributed by atoms with E-state index in [9.17, 15) is 34.2 Å². The number of hydroxylamine groups is 2. The predicted molar refractivity (Wildman–Crippen MR) is 208 cm³/mol. The molecular formula is C44H47N3O13. The number of nitrogens with one attached hydrogen (secondary N) is 2. The van der Waals surface area contributed by atoms with E-state index < -0.39 is 95.0 Å². The number of hydrogen-bond donors (Lipinski definition) is 4. The van der Waals surface area contributed by atoms with E-state index in [4.69, 9.17) is 28.5 Å². The summed E-state index contributed by atoms with van der Waals surface area (Å²) in [5, 5.41) is 26.6. The van der Waals surface area contributed by atoms with Crippen molar-refractivity contribution in [2.45, 2.75) is 88.2 Å². The fraction of sp³-hybridized carbons (Fsp3) is 0.432. The molecular weight excluding hydrogens is 778 g/mol. The van der Waals surface area contributed by atoms with Crippen molar-refractivity contribution in [2.75, 3.05) is 19.8 Å². The van der Waals surface area contributed by atoms with Gasteiger partial charge in [-0.1, -0.05) is 98.8 Å². The van der Waals surface area contributed by atoms with Crippen LogP contribution in [0.4, 0.5) is 0 Å². The van der Waals surface area contributed by atoms with Crippen molar-refractivity contribution >= 4 is 35.8 Å². The van der Waals surface area contributed by atoms with Crippen LogP contribution >= 0.6 is 0 Å². The first-order valence-corrected chi connectivity index (χ1v) is 19.9. The number of aliphatic hydroxyl groups is 2. The van der Waals surface area contributed by atoms with Crippen molar-refractivity contribution in [3.8, 4) is 0 Å². The molecule has 5 fully saturated rings. The molecule has 1 saturated carbocycles. The summed E-state index contributed by atoms with van der Waals surface area (Å²) in [5.74, 6) is -5.05. The minimum absolute atomic E-state index is 0.0399. The van der Waals surface area contributed by atoms with Crippen LogP contribution in [0, 0.1) is 10.8 Å². The molecule has 16 heteroatoms. The maximum Gasteiger partial charge on any atom is 0.348 e. The van der Waals surface area contributed by atoms with Gasteiger partial charge in [0, 0.05) is 35.6 Å². The lowest BCUT2D eigenvalue weighted by atomic mass is 9.62. The van der Waals surface area contributed by atoms with E-state index in [-0.39, 0.29) is 32.7 Å². The van der Waals surface area contributed by atoms with E-state index in [1.807, 2.05) is 60.7 Å². The molecule has 16 nitrogen and oxygen atoms in total. The van der Waals surface area contributed by atoms with Gasteiger partial charge in [-0.2, -0.15) is 5.06 Å². The zero-order valence-corrected chi connectivity index (χ0v) is 33.2. The molecule has 4 aliphatic heterocycles. The molecule has 4 N–H and O–H groups in total. The molecule has 316 valence electrons. The minimum Gasteiger partial charge on any atom is -0.462 e. The molecule has 9 atom stereocenters. The summed E-state index contributed by atoms with van der Waals surface area (Å²) in [6, 6.07) is 22.8. The number of ether oxygens (including phenoxy) is 5. The molecule has 3 aromatic carbocycles. The Balaban J connectivity index is 1.13. The molecule has 3 aromatic rings. The second-order valence-electron chi connectivity index (χ2n) is 16.4. The Morgan fingerprint density at radius 2 is 1.63 bits per heavy atom. The van der Waals surface area contributed by atoms with Crippen LogP contribution in [0.3, 0.4) is 0 Å². The zero-order valence-electron chi connectivity index (χ0n) is 33.2. The van der Waals surface area contributed by atoms with Crippen molar-refractivity contribution in [3.05, 3.63) is 113 Å². The Bertz CT molecular complexity index is 2120. The molecule has 0 aromatic heterocycles. The summed E-state index contributed by atoms with van der Waals surface area (Å²) in [7, 11) is 0. The molecule has 9 unspecified atom stereocenters.